The van der Waals surface area contributed by atoms with Crippen molar-refractivity contribution < 1.29 is 23.5 Å². The molecule has 0 aliphatic carbocycles. The molecule has 0 aliphatic heterocycles. The number of nitrogens with one attached hydrogen (secondary N) is 1. The highest BCUT2D eigenvalue weighted by atomic mass is 19.1. The summed E-state index contributed by atoms with van der Waals surface area (Å²) in [7, 11) is 1.33. The minimum atomic E-state index is -0.779. The van der Waals surface area contributed by atoms with Crippen molar-refractivity contribution in [2.24, 2.45) is 0 Å². The Kier molecular flexibility index (Phi) is 5.89. The molecule has 2 rings (SSSR count). The van der Waals surface area contributed by atoms with Gasteiger partial charge in [0.2, 0.25) is 0 Å². The Morgan fingerprint density at radius 1 is 1.17 bits per heavy atom. The van der Waals surface area contributed by atoms with E-state index < -0.39 is 24.3 Å². The average Bonchev–Trinajstić information content (AvgIpc) is 2.60. The lowest BCUT2D eigenvalue weighted by Crippen LogP contribution is -2.31. The fourth-order valence-electron chi connectivity index (χ4n) is 2.12. The average molecular weight is 331 g/mol. The number of halogens is 1. The molecule has 0 heterocycles. The highest BCUT2D eigenvalue weighted by Crippen LogP contribution is 2.18. The third kappa shape index (κ3) is 4.55. The molecule has 0 unspecified atom stereocenters. The summed E-state index contributed by atoms with van der Waals surface area (Å²) < 4.78 is 23.2. The number of hydrogen-bond acceptors (Lipinski definition) is 4. The van der Waals surface area contributed by atoms with Gasteiger partial charge in [-0.15, -0.1) is 0 Å². The van der Waals surface area contributed by atoms with E-state index in [0.29, 0.717) is 0 Å². The number of methoxy groups -OCH3 is 1. The van der Waals surface area contributed by atoms with E-state index in [-0.39, 0.29) is 17.4 Å². The molecule has 0 bridgehead atoms. The number of carbonyl (C=O) groups is 2. The van der Waals surface area contributed by atoms with Crippen LogP contribution < -0.4 is 10.1 Å². The standard InChI is InChI=1S/C18H18FNO4/c1-12(13-6-4-3-5-7-13)20-17(21)11-24-18(22)14-8-9-16(23-2)15(19)10-14/h3-10,12H,11H2,1-2H3,(H,20,21)/t12-/m0/s1. The number of rotatable bonds is 6. The minimum Gasteiger partial charge on any atom is -0.494 e. The molecule has 0 saturated heterocycles. The molecular weight excluding hydrogens is 313 g/mol. The van der Waals surface area contributed by atoms with Crippen LogP contribution in [0.1, 0.15) is 28.9 Å². The van der Waals surface area contributed by atoms with Crippen molar-refractivity contribution in [3.8, 4) is 5.75 Å². The Hall–Kier alpha value is -2.89. The van der Waals surface area contributed by atoms with E-state index in [1.165, 1.54) is 19.2 Å². The maximum atomic E-state index is 13.6. The zero-order valence-corrected chi connectivity index (χ0v) is 13.4. The second-order valence-corrected chi connectivity index (χ2v) is 5.13. The summed E-state index contributed by atoms with van der Waals surface area (Å²) in [5.74, 6) is -1.86. The van der Waals surface area contributed by atoms with E-state index in [9.17, 15) is 14.0 Å². The summed E-state index contributed by atoms with van der Waals surface area (Å²) in [4.78, 5) is 23.7. The van der Waals surface area contributed by atoms with Crippen LogP contribution in [0.4, 0.5) is 4.39 Å². The van der Waals surface area contributed by atoms with Gasteiger partial charge in [0, 0.05) is 0 Å². The third-order valence-electron chi connectivity index (χ3n) is 3.40. The van der Waals surface area contributed by atoms with Crippen molar-refractivity contribution in [3.05, 3.63) is 65.5 Å². The van der Waals surface area contributed by atoms with Crippen molar-refractivity contribution in [1.29, 1.82) is 0 Å². The summed E-state index contributed by atoms with van der Waals surface area (Å²) in [6.07, 6.45) is 0. The number of ether oxygens (including phenoxy) is 2. The van der Waals surface area contributed by atoms with Crippen LogP contribution in [0.15, 0.2) is 48.5 Å². The summed E-state index contributed by atoms with van der Waals surface area (Å²) >= 11 is 0. The molecule has 0 fully saturated rings. The Bertz CT molecular complexity index is 718. The highest BCUT2D eigenvalue weighted by molar-refractivity contribution is 5.91. The molecule has 1 amide bonds. The lowest BCUT2D eigenvalue weighted by molar-refractivity contribution is -0.124. The third-order valence-corrected chi connectivity index (χ3v) is 3.40. The maximum absolute atomic E-state index is 13.6. The molecule has 0 spiro atoms. The maximum Gasteiger partial charge on any atom is 0.338 e. The van der Waals surface area contributed by atoms with Crippen LogP contribution in [0.2, 0.25) is 0 Å². The Morgan fingerprint density at radius 3 is 2.50 bits per heavy atom. The zero-order valence-electron chi connectivity index (χ0n) is 13.4. The van der Waals surface area contributed by atoms with Crippen molar-refractivity contribution in [2.45, 2.75) is 13.0 Å². The molecule has 126 valence electrons. The number of hydrogen-bond donors (Lipinski definition) is 1. The molecule has 0 saturated carbocycles. The fourth-order valence-corrected chi connectivity index (χ4v) is 2.12. The first-order valence-corrected chi connectivity index (χ1v) is 7.36. The topological polar surface area (TPSA) is 64.6 Å². The van der Waals surface area contributed by atoms with Crippen molar-refractivity contribution in [3.63, 3.8) is 0 Å². The van der Waals surface area contributed by atoms with Gasteiger partial charge in [0.15, 0.2) is 18.2 Å². The predicted octanol–water partition coefficient (Wildman–Crippen LogP) is 2.87. The molecule has 5 nitrogen and oxygen atoms in total. The van der Waals surface area contributed by atoms with Gasteiger partial charge in [-0.25, -0.2) is 9.18 Å². The van der Waals surface area contributed by atoms with E-state index in [2.05, 4.69) is 5.32 Å². The van der Waals surface area contributed by atoms with Crippen LogP contribution in [0.5, 0.6) is 5.75 Å². The van der Waals surface area contributed by atoms with E-state index in [4.69, 9.17) is 9.47 Å². The normalized spacial score (nSPS) is 11.5. The summed E-state index contributed by atoms with van der Waals surface area (Å²) in [6, 6.07) is 12.9. The molecule has 0 aromatic heterocycles. The summed E-state index contributed by atoms with van der Waals surface area (Å²) in [6.45, 7) is 1.39. The lowest BCUT2D eigenvalue weighted by atomic mass is 10.1. The van der Waals surface area contributed by atoms with Crippen LogP contribution >= 0.6 is 0 Å². The van der Waals surface area contributed by atoms with Crippen LogP contribution in [-0.4, -0.2) is 25.6 Å². The van der Waals surface area contributed by atoms with Crippen molar-refractivity contribution in [1.82, 2.24) is 5.32 Å². The molecule has 24 heavy (non-hydrogen) atoms. The SMILES string of the molecule is COc1ccc(C(=O)OCC(=O)N[C@@H](C)c2ccccc2)cc1F. The zero-order chi connectivity index (χ0) is 17.5. The van der Waals surface area contributed by atoms with Gasteiger partial charge in [-0.05, 0) is 30.7 Å². The first kappa shape index (κ1) is 17.5. The highest BCUT2D eigenvalue weighted by Gasteiger charge is 2.14. The van der Waals surface area contributed by atoms with E-state index in [1.54, 1.807) is 0 Å². The summed E-state index contributed by atoms with van der Waals surface area (Å²) in [5.41, 5.74) is 0.951. The van der Waals surface area contributed by atoms with Crippen LogP contribution in [0.3, 0.4) is 0 Å². The van der Waals surface area contributed by atoms with Gasteiger partial charge in [-0.1, -0.05) is 30.3 Å². The summed E-state index contributed by atoms with van der Waals surface area (Å²) in [5, 5.41) is 2.72. The van der Waals surface area contributed by atoms with Gasteiger partial charge >= 0.3 is 5.97 Å². The molecule has 0 radical (unpaired) electrons. The van der Waals surface area contributed by atoms with E-state index >= 15 is 0 Å². The second kappa shape index (κ2) is 8.10. The first-order valence-electron chi connectivity index (χ1n) is 7.36. The quantitative estimate of drug-likeness (QED) is 0.827. The van der Waals surface area contributed by atoms with Gasteiger partial charge in [0.25, 0.3) is 5.91 Å². The molecule has 2 aromatic rings. The molecule has 2 aromatic carbocycles. The van der Waals surface area contributed by atoms with Crippen molar-refractivity contribution in [2.75, 3.05) is 13.7 Å². The van der Waals surface area contributed by atoms with Crippen LogP contribution in [0.25, 0.3) is 0 Å². The molecule has 1 atom stereocenters. The molecule has 1 N–H and O–H groups in total. The number of esters is 1. The van der Waals surface area contributed by atoms with Gasteiger partial charge < -0.3 is 14.8 Å². The number of amides is 1. The fraction of sp³-hybridized carbons (Fsp3) is 0.222. The smallest absolute Gasteiger partial charge is 0.338 e. The largest absolute Gasteiger partial charge is 0.494 e. The van der Waals surface area contributed by atoms with Gasteiger partial charge in [-0.2, -0.15) is 0 Å². The Labute approximate surface area is 139 Å². The Morgan fingerprint density at radius 2 is 1.88 bits per heavy atom. The predicted molar refractivity (Wildman–Crippen MR) is 86.2 cm³/mol. The van der Waals surface area contributed by atoms with E-state index in [1.807, 2.05) is 37.3 Å². The van der Waals surface area contributed by atoms with Crippen molar-refractivity contribution >= 4 is 11.9 Å². The van der Waals surface area contributed by atoms with Gasteiger partial charge in [-0.3, -0.25) is 4.79 Å². The van der Waals surface area contributed by atoms with Crippen LogP contribution in [-0.2, 0) is 9.53 Å². The number of carbonyl (C=O) groups excluding carboxylic acids is 2. The van der Waals surface area contributed by atoms with Gasteiger partial charge in [0.1, 0.15) is 0 Å². The van der Waals surface area contributed by atoms with Gasteiger partial charge in [0.05, 0.1) is 18.7 Å². The second-order valence-electron chi connectivity index (χ2n) is 5.13. The molecular formula is C18H18FNO4. The molecule has 6 heteroatoms. The number of benzene rings is 2. The Balaban J connectivity index is 1.87. The first-order chi connectivity index (χ1) is 11.5. The van der Waals surface area contributed by atoms with Crippen LogP contribution in [0, 0.1) is 5.82 Å². The lowest BCUT2D eigenvalue weighted by Gasteiger charge is -2.14. The molecule has 0 aliphatic rings. The minimum absolute atomic E-state index is 0.0113. The van der Waals surface area contributed by atoms with E-state index in [0.717, 1.165) is 11.6 Å². The monoisotopic (exact) mass is 331 g/mol.